The molecule has 0 aromatic rings. The van der Waals surface area contributed by atoms with Gasteiger partial charge in [0, 0.05) is 39.2 Å². The van der Waals surface area contributed by atoms with E-state index in [1.54, 1.807) is 0 Å². The van der Waals surface area contributed by atoms with Crippen molar-refractivity contribution in [3.8, 4) is 0 Å². The molecular weight excluding hydrogens is 178 g/mol. The summed E-state index contributed by atoms with van der Waals surface area (Å²) < 4.78 is 11.3. The molecule has 1 fully saturated rings. The molecule has 0 radical (unpaired) electrons. The second-order valence-electron chi connectivity index (χ2n) is 4.32. The van der Waals surface area contributed by atoms with Crippen molar-refractivity contribution in [2.45, 2.75) is 38.7 Å². The average molecular weight is 201 g/mol. The van der Waals surface area contributed by atoms with Crippen LogP contribution in [0.5, 0.6) is 0 Å². The lowest BCUT2D eigenvalue weighted by Crippen LogP contribution is -2.46. The molecule has 1 unspecified atom stereocenters. The van der Waals surface area contributed by atoms with Crippen molar-refractivity contribution in [3.05, 3.63) is 0 Å². The zero-order chi connectivity index (χ0) is 10.4. The van der Waals surface area contributed by atoms with Crippen LogP contribution in [0, 0.1) is 5.92 Å². The van der Waals surface area contributed by atoms with Gasteiger partial charge in [-0.05, 0) is 5.92 Å². The molecule has 0 saturated carbocycles. The van der Waals surface area contributed by atoms with E-state index >= 15 is 0 Å². The van der Waals surface area contributed by atoms with E-state index in [1.165, 1.54) is 0 Å². The normalized spacial score (nSPS) is 23.4. The summed E-state index contributed by atoms with van der Waals surface area (Å²) in [5, 5.41) is 0. The maximum Gasteiger partial charge on any atom is 0.0848 e. The largest absolute Gasteiger partial charge is 0.381 e. The van der Waals surface area contributed by atoms with Gasteiger partial charge >= 0.3 is 0 Å². The van der Waals surface area contributed by atoms with Gasteiger partial charge in [0.05, 0.1) is 5.60 Å². The highest BCUT2D eigenvalue weighted by atomic mass is 16.5. The zero-order valence-corrected chi connectivity index (χ0v) is 9.42. The summed E-state index contributed by atoms with van der Waals surface area (Å²) in [5.41, 5.74) is 5.69. The standard InChI is InChI=1S/C11H23NO2/c1-3-10(2)8-14-11(9-12)4-6-13-7-5-11/h10H,3-9,12H2,1-2H3. The Morgan fingerprint density at radius 2 is 2.07 bits per heavy atom. The first-order chi connectivity index (χ1) is 6.72. The molecule has 0 bridgehead atoms. The predicted octanol–water partition coefficient (Wildman–Crippen LogP) is 1.56. The van der Waals surface area contributed by atoms with Gasteiger partial charge in [0.25, 0.3) is 0 Å². The molecule has 0 spiro atoms. The van der Waals surface area contributed by atoms with E-state index in [9.17, 15) is 0 Å². The van der Waals surface area contributed by atoms with E-state index in [0.717, 1.165) is 39.1 Å². The highest BCUT2D eigenvalue weighted by Gasteiger charge is 2.32. The van der Waals surface area contributed by atoms with Crippen molar-refractivity contribution in [3.63, 3.8) is 0 Å². The Balaban J connectivity index is 2.36. The monoisotopic (exact) mass is 201 g/mol. The molecule has 3 heteroatoms. The minimum Gasteiger partial charge on any atom is -0.381 e. The van der Waals surface area contributed by atoms with Crippen LogP contribution >= 0.6 is 0 Å². The van der Waals surface area contributed by atoms with Crippen LogP contribution in [0.15, 0.2) is 0 Å². The maximum absolute atomic E-state index is 5.97. The van der Waals surface area contributed by atoms with Crippen molar-refractivity contribution < 1.29 is 9.47 Å². The molecule has 0 aromatic heterocycles. The molecule has 1 aliphatic rings. The lowest BCUT2D eigenvalue weighted by molar-refractivity contribution is -0.113. The molecule has 0 aromatic carbocycles. The van der Waals surface area contributed by atoms with Gasteiger partial charge in [-0.15, -0.1) is 0 Å². The van der Waals surface area contributed by atoms with Gasteiger partial charge in [0.1, 0.15) is 0 Å². The molecule has 0 aliphatic carbocycles. The summed E-state index contributed by atoms with van der Waals surface area (Å²) in [6, 6.07) is 0. The Labute approximate surface area is 86.9 Å². The minimum atomic E-state index is -0.0956. The van der Waals surface area contributed by atoms with E-state index in [1.807, 2.05) is 0 Å². The summed E-state index contributed by atoms with van der Waals surface area (Å²) in [6.45, 7) is 7.42. The Morgan fingerprint density at radius 1 is 1.43 bits per heavy atom. The molecule has 2 N–H and O–H groups in total. The highest BCUT2D eigenvalue weighted by molar-refractivity contribution is 4.84. The number of nitrogens with two attached hydrogens (primary N) is 1. The first kappa shape index (κ1) is 12.0. The lowest BCUT2D eigenvalue weighted by atomic mass is 9.94. The van der Waals surface area contributed by atoms with Crippen LogP contribution < -0.4 is 5.73 Å². The topological polar surface area (TPSA) is 44.5 Å². The SMILES string of the molecule is CCC(C)COC1(CN)CCOCC1. The first-order valence-corrected chi connectivity index (χ1v) is 5.64. The van der Waals surface area contributed by atoms with Gasteiger partial charge in [-0.2, -0.15) is 0 Å². The third-order valence-corrected chi connectivity index (χ3v) is 3.15. The fourth-order valence-corrected chi connectivity index (χ4v) is 1.59. The fourth-order valence-electron chi connectivity index (χ4n) is 1.59. The van der Waals surface area contributed by atoms with Crippen LogP contribution in [0.2, 0.25) is 0 Å². The molecule has 1 rings (SSSR count). The number of rotatable bonds is 5. The van der Waals surface area contributed by atoms with Crippen LogP contribution in [-0.2, 0) is 9.47 Å². The van der Waals surface area contributed by atoms with Gasteiger partial charge < -0.3 is 15.2 Å². The fraction of sp³-hybridized carbons (Fsp3) is 1.00. The lowest BCUT2D eigenvalue weighted by Gasteiger charge is -2.36. The van der Waals surface area contributed by atoms with Gasteiger partial charge in [-0.25, -0.2) is 0 Å². The maximum atomic E-state index is 5.97. The molecule has 0 amide bonds. The van der Waals surface area contributed by atoms with Crippen LogP contribution in [0.4, 0.5) is 0 Å². The second kappa shape index (κ2) is 5.69. The van der Waals surface area contributed by atoms with E-state index in [-0.39, 0.29) is 5.60 Å². The van der Waals surface area contributed by atoms with Crippen molar-refractivity contribution in [1.82, 2.24) is 0 Å². The molecular formula is C11H23NO2. The summed E-state index contributed by atoms with van der Waals surface area (Å²) in [6.07, 6.45) is 3.05. The Bertz CT molecular complexity index is 155. The predicted molar refractivity (Wildman–Crippen MR) is 57.2 cm³/mol. The third-order valence-electron chi connectivity index (χ3n) is 3.15. The second-order valence-corrected chi connectivity index (χ2v) is 4.32. The Kier molecular flexibility index (Phi) is 4.85. The minimum absolute atomic E-state index is 0.0956. The molecule has 1 aliphatic heterocycles. The molecule has 1 heterocycles. The summed E-state index contributed by atoms with van der Waals surface area (Å²) in [5.74, 6) is 0.626. The number of hydrogen-bond donors (Lipinski definition) is 1. The van der Waals surface area contributed by atoms with Crippen LogP contribution in [-0.4, -0.2) is 32.0 Å². The van der Waals surface area contributed by atoms with E-state index < -0.39 is 0 Å². The van der Waals surface area contributed by atoms with Crippen molar-refractivity contribution in [2.75, 3.05) is 26.4 Å². The van der Waals surface area contributed by atoms with Gasteiger partial charge in [0.2, 0.25) is 0 Å². The molecule has 1 saturated heterocycles. The smallest absolute Gasteiger partial charge is 0.0848 e. The van der Waals surface area contributed by atoms with Gasteiger partial charge in [-0.1, -0.05) is 20.3 Å². The van der Waals surface area contributed by atoms with E-state index in [2.05, 4.69) is 13.8 Å². The van der Waals surface area contributed by atoms with Crippen molar-refractivity contribution in [1.29, 1.82) is 0 Å². The molecule has 84 valence electrons. The van der Waals surface area contributed by atoms with Crippen molar-refractivity contribution >= 4 is 0 Å². The van der Waals surface area contributed by atoms with Crippen molar-refractivity contribution in [2.24, 2.45) is 11.7 Å². The molecule has 3 nitrogen and oxygen atoms in total. The van der Waals surface area contributed by atoms with Crippen LogP contribution in [0.25, 0.3) is 0 Å². The Hall–Kier alpha value is -0.120. The number of hydrogen-bond acceptors (Lipinski definition) is 3. The third kappa shape index (κ3) is 3.23. The van der Waals surface area contributed by atoms with E-state index in [0.29, 0.717) is 12.5 Å². The average Bonchev–Trinajstić information content (AvgIpc) is 2.27. The molecule has 14 heavy (non-hydrogen) atoms. The van der Waals surface area contributed by atoms with E-state index in [4.69, 9.17) is 15.2 Å². The summed E-state index contributed by atoms with van der Waals surface area (Å²) in [7, 11) is 0. The summed E-state index contributed by atoms with van der Waals surface area (Å²) in [4.78, 5) is 0. The van der Waals surface area contributed by atoms with Crippen LogP contribution in [0.1, 0.15) is 33.1 Å². The zero-order valence-electron chi connectivity index (χ0n) is 9.42. The first-order valence-electron chi connectivity index (χ1n) is 5.64. The quantitative estimate of drug-likeness (QED) is 0.734. The highest BCUT2D eigenvalue weighted by Crippen LogP contribution is 2.24. The van der Waals surface area contributed by atoms with Crippen LogP contribution in [0.3, 0.4) is 0 Å². The summed E-state index contributed by atoms with van der Waals surface area (Å²) >= 11 is 0. The molecule has 1 atom stereocenters. The Morgan fingerprint density at radius 3 is 2.57 bits per heavy atom. The van der Waals surface area contributed by atoms with Gasteiger partial charge in [0.15, 0.2) is 0 Å². The number of ether oxygens (including phenoxy) is 2. The van der Waals surface area contributed by atoms with Gasteiger partial charge in [-0.3, -0.25) is 0 Å².